The van der Waals surface area contributed by atoms with Gasteiger partial charge in [0.2, 0.25) is 5.82 Å². The first kappa shape index (κ1) is 21.5. The Hall–Kier alpha value is -3.20. The number of methoxy groups -OCH3 is 2. The summed E-state index contributed by atoms with van der Waals surface area (Å²) in [4.78, 5) is 30.5. The monoisotopic (exact) mass is 430 g/mol. The molecule has 0 radical (unpaired) electrons. The Labute approximate surface area is 177 Å². The second-order valence-electron chi connectivity index (χ2n) is 6.49. The number of carbonyl (C=O) groups excluding carboxylic acids is 2. The number of aryl methyl sites for hydroxylation is 2. The van der Waals surface area contributed by atoms with Crippen molar-refractivity contribution in [2.45, 2.75) is 33.3 Å². The van der Waals surface area contributed by atoms with E-state index in [1.165, 1.54) is 7.11 Å². The van der Waals surface area contributed by atoms with Gasteiger partial charge in [-0.25, -0.2) is 0 Å². The van der Waals surface area contributed by atoms with Crippen molar-refractivity contribution in [3.05, 3.63) is 45.5 Å². The van der Waals surface area contributed by atoms with Crippen molar-refractivity contribution in [2.24, 2.45) is 0 Å². The number of nitrogens with zero attached hydrogens (tertiary/aromatic N) is 2. The molecule has 0 aliphatic heterocycles. The molecule has 0 atom stereocenters. The molecular formula is C21H22N2O6S. The highest BCUT2D eigenvalue weighted by molar-refractivity contribution is 7.12. The van der Waals surface area contributed by atoms with Crippen molar-refractivity contribution in [3.63, 3.8) is 0 Å². The molecule has 3 aromatic rings. The van der Waals surface area contributed by atoms with Crippen LogP contribution in [0.5, 0.6) is 11.5 Å². The van der Waals surface area contributed by atoms with E-state index in [4.69, 9.17) is 18.7 Å². The Morgan fingerprint density at radius 1 is 1.10 bits per heavy atom. The maximum atomic E-state index is 12.3. The first-order valence-electron chi connectivity index (χ1n) is 9.22. The average Bonchev–Trinajstić information content (AvgIpc) is 3.35. The number of rotatable bonds is 9. The quantitative estimate of drug-likeness (QED) is 0.369. The van der Waals surface area contributed by atoms with Crippen LogP contribution in [0.2, 0.25) is 0 Å². The number of benzene rings is 1. The molecule has 0 bridgehead atoms. The van der Waals surface area contributed by atoms with Gasteiger partial charge in [-0.05, 0) is 32.0 Å². The van der Waals surface area contributed by atoms with Crippen molar-refractivity contribution in [3.8, 4) is 22.9 Å². The number of hydrogen-bond acceptors (Lipinski definition) is 9. The lowest BCUT2D eigenvalue weighted by Gasteiger charge is -2.07. The molecule has 9 heteroatoms. The van der Waals surface area contributed by atoms with Crippen LogP contribution in [0, 0.1) is 13.8 Å². The summed E-state index contributed by atoms with van der Waals surface area (Å²) in [5, 5.41) is 3.90. The number of hydrogen-bond donors (Lipinski definition) is 0. The molecule has 0 saturated carbocycles. The summed E-state index contributed by atoms with van der Waals surface area (Å²) in [6.07, 6.45) is 0.0778. The van der Waals surface area contributed by atoms with Crippen LogP contribution in [0.15, 0.2) is 28.8 Å². The van der Waals surface area contributed by atoms with E-state index in [9.17, 15) is 9.59 Å². The number of carbonyl (C=O) groups is 2. The molecule has 0 aliphatic carbocycles. The zero-order valence-corrected chi connectivity index (χ0v) is 18.0. The number of ketones is 1. The van der Waals surface area contributed by atoms with Crippen LogP contribution in [0.1, 0.15) is 38.8 Å². The lowest BCUT2D eigenvalue weighted by Crippen LogP contribution is -2.08. The van der Waals surface area contributed by atoms with Crippen LogP contribution >= 0.6 is 11.3 Å². The Morgan fingerprint density at radius 3 is 2.57 bits per heavy atom. The van der Waals surface area contributed by atoms with Gasteiger partial charge in [-0.15, -0.1) is 11.3 Å². The third-order valence-electron chi connectivity index (χ3n) is 4.37. The topological polar surface area (TPSA) is 101 Å². The summed E-state index contributed by atoms with van der Waals surface area (Å²) in [6, 6.07) is 7.06. The van der Waals surface area contributed by atoms with Gasteiger partial charge in [-0.1, -0.05) is 5.16 Å². The van der Waals surface area contributed by atoms with Crippen molar-refractivity contribution < 1.29 is 28.3 Å². The van der Waals surface area contributed by atoms with Gasteiger partial charge < -0.3 is 18.7 Å². The summed E-state index contributed by atoms with van der Waals surface area (Å²) >= 11 is 1.56. The van der Waals surface area contributed by atoms with Gasteiger partial charge in [-0.2, -0.15) is 4.98 Å². The third kappa shape index (κ3) is 5.04. The van der Waals surface area contributed by atoms with E-state index in [2.05, 4.69) is 10.1 Å². The van der Waals surface area contributed by atoms with Crippen LogP contribution < -0.4 is 9.47 Å². The molecule has 2 heterocycles. The molecule has 0 spiro atoms. The molecule has 30 heavy (non-hydrogen) atoms. The molecule has 8 nitrogen and oxygen atoms in total. The summed E-state index contributed by atoms with van der Waals surface area (Å²) in [6.45, 7) is 3.67. The molecule has 0 unspecified atom stereocenters. The Kier molecular flexibility index (Phi) is 6.83. The standard InChI is InChI=1S/C21H22N2O6S/c1-12-9-16(13(2)30-12)17(24)7-8-20(25)28-11-19-22-21(23-29-19)15-6-5-14(26-3)10-18(15)27-4/h5-6,9-10H,7-8,11H2,1-4H3. The molecule has 2 aromatic heterocycles. The molecule has 0 aliphatic rings. The normalized spacial score (nSPS) is 10.7. The van der Waals surface area contributed by atoms with Crippen molar-refractivity contribution in [1.29, 1.82) is 0 Å². The maximum absolute atomic E-state index is 12.3. The number of Topliss-reactive ketones (excluding diaryl/α,β-unsaturated/α-hetero) is 1. The SMILES string of the molecule is COc1ccc(-c2noc(COC(=O)CCC(=O)c3cc(C)sc3C)n2)c(OC)c1. The van der Waals surface area contributed by atoms with Gasteiger partial charge in [0.15, 0.2) is 12.4 Å². The third-order valence-corrected chi connectivity index (χ3v) is 5.34. The van der Waals surface area contributed by atoms with E-state index in [1.807, 2.05) is 19.9 Å². The van der Waals surface area contributed by atoms with Gasteiger partial charge in [0, 0.05) is 27.8 Å². The summed E-state index contributed by atoms with van der Waals surface area (Å²) in [5.41, 5.74) is 1.28. The zero-order valence-electron chi connectivity index (χ0n) is 17.2. The molecule has 0 amide bonds. The van der Waals surface area contributed by atoms with Gasteiger partial charge in [0.05, 0.1) is 26.2 Å². The lowest BCUT2D eigenvalue weighted by atomic mass is 10.1. The Morgan fingerprint density at radius 2 is 1.90 bits per heavy atom. The molecule has 1 aromatic carbocycles. The minimum absolute atomic E-state index is 0.0134. The minimum atomic E-state index is -0.505. The van der Waals surface area contributed by atoms with E-state index in [-0.39, 0.29) is 31.1 Å². The molecule has 0 fully saturated rings. The smallest absolute Gasteiger partial charge is 0.306 e. The first-order chi connectivity index (χ1) is 14.4. The van der Waals surface area contributed by atoms with Crippen molar-refractivity contribution in [2.75, 3.05) is 14.2 Å². The lowest BCUT2D eigenvalue weighted by molar-refractivity contribution is -0.145. The fourth-order valence-electron chi connectivity index (χ4n) is 2.88. The highest BCUT2D eigenvalue weighted by Gasteiger charge is 2.17. The maximum Gasteiger partial charge on any atom is 0.306 e. The van der Waals surface area contributed by atoms with E-state index in [0.717, 1.165) is 9.75 Å². The molecular weight excluding hydrogens is 408 g/mol. The summed E-state index contributed by atoms with van der Waals surface area (Å²) in [7, 11) is 3.09. The molecule has 158 valence electrons. The predicted molar refractivity (Wildman–Crippen MR) is 110 cm³/mol. The number of thiophene rings is 1. The Balaban J connectivity index is 1.54. The fraction of sp³-hybridized carbons (Fsp3) is 0.333. The first-order valence-corrected chi connectivity index (χ1v) is 10.0. The second kappa shape index (κ2) is 9.53. The summed E-state index contributed by atoms with van der Waals surface area (Å²) < 4.78 is 20.8. The average molecular weight is 430 g/mol. The Bertz CT molecular complexity index is 1060. The van der Waals surface area contributed by atoms with E-state index in [1.54, 1.807) is 36.6 Å². The van der Waals surface area contributed by atoms with Crippen LogP contribution in [0.3, 0.4) is 0 Å². The van der Waals surface area contributed by atoms with Crippen LogP contribution in [-0.2, 0) is 16.1 Å². The van der Waals surface area contributed by atoms with Gasteiger partial charge in [0.25, 0.3) is 5.89 Å². The van der Waals surface area contributed by atoms with Crippen molar-refractivity contribution in [1.82, 2.24) is 10.1 Å². The van der Waals surface area contributed by atoms with Gasteiger partial charge in [-0.3, -0.25) is 9.59 Å². The zero-order chi connectivity index (χ0) is 21.7. The highest BCUT2D eigenvalue weighted by Crippen LogP contribution is 2.31. The predicted octanol–water partition coefficient (Wildman–Crippen LogP) is 4.14. The van der Waals surface area contributed by atoms with E-state index >= 15 is 0 Å². The summed E-state index contributed by atoms with van der Waals surface area (Å²) in [5.74, 6) is 1.04. The molecule has 0 saturated heterocycles. The molecule has 0 N–H and O–H groups in total. The van der Waals surface area contributed by atoms with Gasteiger partial charge >= 0.3 is 5.97 Å². The van der Waals surface area contributed by atoms with E-state index < -0.39 is 5.97 Å². The molecule has 3 rings (SSSR count). The minimum Gasteiger partial charge on any atom is -0.497 e. The fourth-order valence-corrected chi connectivity index (χ4v) is 3.82. The largest absolute Gasteiger partial charge is 0.497 e. The van der Waals surface area contributed by atoms with Crippen LogP contribution in [-0.4, -0.2) is 36.1 Å². The van der Waals surface area contributed by atoms with Crippen LogP contribution in [0.4, 0.5) is 0 Å². The van der Waals surface area contributed by atoms with E-state index in [0.29, 0.717) is 28.5 Å². The number of aromatic nitrogens is 2. The van der Waals surface area contributed by atoms with Crippen LogP contribution in [0.25, 0.3) is 11.4 Å². The number of ether oxygens (including phenoxy) is 3. The van der Waals surface area contributed by atoms with Gasteiger partial charge in [0.1, 0.15) is 11.5 Å². The van der Waals surface area contributed by atoms with Crippen molar-refractivity contribution >= 4 is 23.1 Å². The highest BCUT2D eigenvalue weighted by atomic mass is 32.1. The number of esters is 1. The second-order valence-corrected chi connectivity index (χ2v) is 7.95.